The predicted octanol–water partition coefficient (Wildman–Crippen LogP) is 2.67. The van der Waals surface area contributed by atoms with Crippen molar-refractivity contribution in [2.45, 2.75) is 20.4 Å². The fourth-order valence-corrected chi connectivity index (χ4v) is 2.73. The minimum absolute atomic E-state index is 0.209. The van der Waals surface area contributed by atoms with E-state index < -0.39 is 5.97 Å². The zero-order chi connectivity index (χ0) is 18.7. The Balaban J connectivity index is 1.80. The summed E-state index contributed by atoms with van der Waals surface area (Å²) in [6.45, 7) is 4.47. The van der Waals surface area contributed by atoms with Crippen LogP contribution >= 0.6 is 0 Å². The van der Waals surface area contributed by atoms with Crippen LogP contribution < -0.4 is 10.1 Å². The monoisotopic (exact) mass is 353 g/mol. The Morgan fingerprint density at radius 3 is 2.62 bits per heavy atom. The van der Waals surface area contributed by atoms with Crippen LogP contribution in [-0.4, -0.2) is 33.0 Å². The summed E-state index contributed by atoms with van der Waals surface area (Å²) in [5, 5.41) is 11.8. The molecule has 7 nitrogen and oxygen atoms in total. The molecule has 2 N–H and O–H groups in total. The van der Waals surface area contributed by atoms with Crippen molar-refractivity contribution in [1.82, 2.24) is 14.7 Å². The summed E-state index contributed by atoms with van der Waals surface area (Å²) in [5.41, 5.74) is 2.67. The minimum atomic E-state index is -0.980. The number of fused-ring (bicyclic) bond motifs is 1. The summed E-state index contributed by atoms with van der Waals surface area (Å²) in [6.07, 6.45) is 1.77. The number of aryl methyl sites for hydroxylation is 1. The van der Waals surface area contributed by atoms with Crippen LogP contribution in [0.15, 0.2) is 42.6 Å². The van der Waals surface area contributed by atoms with Crippen LogP contribution in [0, 0.1) is 6.92 Å². The number of ether oxygens (including phenoxy) is 1. The molecule has 0 spiro atoms. The first-order valence-electron chi connectivity index (χ1n) is 8.22. The lowest BCUT2D eigenvalue weighted by Crippen LogP contribution is -2.25. The number of aromatic nitrogens is 2. The van der Waals surface area contributed by atoms with Gasteiger partial charge in [0.2, 0.25) is 0 Å². The number of benzene rings is 1. The highest BCUT2D eigenvalue weighted by Gasteiger charge is 2.18. The number of hydrogen-bond donors (Lipinski definition) is 2. The summed E-state index contributed by atoms with van der Waals surface area (Å²) in [4.78, 5) is 28.0. The second-order valence-corrected chi connectivity index (χ2v) is 5.73. The SMILES string of the molecule is CCOc1cccn2c(C(=O)NCc3ccc(C(=O)O)cc3)c(C)nc12. The first-order valence-corrected chi connectivity index (χ1v) is 8.22. The van der Waals surface area contributed by atoms with E-state index in [-0.39, 0.29) is 18.0 Å². The first kappa shape index (κ1) is 17.5. The van der Waals surface area contributed by atoms with Gasteiger partial charge in [0.1, 0.15) is 5.69 Å². The molecule has 1 aromatic carbocycles. The lowest BCUT2D eigenvalue weighted by atomic mass is 10.1. The van der Waals surface area contributed by atoms with Gasteiger partial charge in [0.25, 0.3) is 5.91 Å². The predicted molar refractivity (Wildman–Crippen MR) is 95.7 cm³/mol. The molecule has 0 bridgehead atoms. The third-order valence-corrected chi connectivity index (χ3v) is 3.96. The lowest BCUT2D eigenvalue weighted by molar-refractivity contribution is 0.0696. The Morgan fingerprint density at radius 2 is 1.96 bits per heavy atom. The number of nitrogens with one attached hydrogen (secondary N) is 1. The van der Waals surface area contributed by atoms with E-state index in [0.717, 1.165) is 5.56 Å². The summed E-state index contributed by atoms with van der Waals surface area (Å²) >= 11 is 0. The number of carbonyl (C=O) groups is 2. The van der Waals surface area contributed by atoms with Crippen molar-refractivity contribution < 1.29 is 19.4 Å². The molecular weight excluding hydrogens is 334 g/mol. The Morgan fingerprint density at radius 1 is 1.23 bits per heavy atom. The molecule has 0 unspecified atom stereocenters. The van der Waals surface area contributed by atoms with Crippen LogP contribution in [0.3, 0.4) is 0 Å². The zero-order valence-electron chi connectivity index (χ0n) is 14.5. The molecule has 0 saturated carbocycles. The first-order chi connectivity index (χ1) is 12.5. The van der Waals surface area contributed by atoms with Crippen molar-refractivity contribution in [2.24, 2.45) is 0 Å². The maximum atomic E-state index is 12.7. The third-order valence-electron chi connectivity index (χ3n) is 3.96. The minimum Gasteiger partial charge on any atom is -0.490 e. The number of nitrogens with zero attached hydrogens (tertiary/aromatic N) is 2. The lowest BCUT2D eigenvalue weighted by Gasteiger charge is -2.08. The Hall–Kier alpha value is -3.35. The summed E-state index contributed by atoms with van der Waals surface area (Å²) in [5.74, 6) is -0.612. The number of amides is 1. The van der Waals surface area contributed by atoms with Crippen LogP contribution in [0.4, 0.5) is 0 Å². The van der Waals surface area contributed by atoms with E-state index in [0.29, 0.717) is 29.4 Å². The number of rotatable bonds is 6. The number of pyridine rings is 1. The molecule has 26 heavy (non-hydrogen) atoms. The molecule has 134 valence electrons. The zero-order valence-corrected chi connectivity index (χ0v) is 14.5. The van der Waals surface area contributed by atoms with Gasteiger partial charge in [-0.05, 0) is 43.7 Å². The van der Waals surface area contributed by atoms with Gasteiger partial charge in [0, 0.05) is 12.7 Å². The smallest absolute Gasteiger partial charge is 0.335 e. The molecule has 0 saturated heterocycles. The van der Waals surface area contributed by atoms with Crippen molar-refractivity contribution in [3.05, 3.63) is 65.1 Å². The van der Waals surface area contributed by atoms with Crippen molar-refractivity contribution in [3.63, 3.8) is 0 Å². The highest BCUT2D eigenvalue weighted by Crippen LogP contribution is 2.22. The van der Waals surface area contributed by atoms with E-state index >= 15 is 0 Å². The quantitative estimate of drug-likeness (QED) is 0.711. The number of carbonyl (C=O) groups excluding carboxylic acids is 1. The van der Waals surface area contributed by atoms with Gasteiger partial charge in [0.05, 0.1) is 17.9 Å². The van der Waals surface area contributed by atoms with Crippen molar-refractivity contribution in [2.75, 3.05) is 6.61 Å². The van der Waals surface area contributed by atoms with E-state index in [1.54, 1.807) is 35.7 Å². The molecule has 3 rings (SSSR count). The Kier molecular flexibility index (Phi) is 4.88. The fourth-order valence-electron chi connectivity index (χ4n) is 2.73. The summed E-state index contributed by atoms with van der Waals surface area (Å²) in [7, 11) is 0. The van der Waals surface area contributed by atoms with E-state index in [4.69, 9.17) is 9.84 Å². The highest BCUT2D eigenvalue weighted by atomic mass is 16.5. The van der Waals surface area contributed by atoms with Crippen molar-refractivity contribution >= 4 is 17.5 Å². The number of imidazole rings is 1. The number of hydrogen-bond acceptors (Lipinski definition) is 4. The van der Waals surface area contributed by atoms with Crippen LogP contribution in [0.25, 0.3) is 5.65 Å². The standard InChI is InChI=1S/C19H19N3O4/c1-3-26-15-5-4-10-22-16(12(2)21-17(15)22)18(23)20-11-13-6-8-14(9-7-13)19(24)25/h4-10H,3,11H2,1-2H3,(H,20,23)(H,24,25). The van der Waals surface area contributed by atoms with E-state index in [1.807, 2.05) is 13.0 Å². The molecule has 0 atom stereocenters. The molecule has 2 aromatic heterocycles. The normalized spacial score (nSPS) is 10.7. The van der Waals surface area contributed by atoms with Crippen LogP contribution in [-0.2, 0) is 6.54 Å². The maximum Gasteiger partial charge on any atom is 0.335 e. The van der Waals surface area contributed by atoms with Crippen LogP contribution in [0.1, 0.15) is 39.0 Å². The number of carboxylic acids is 1. The van der Waals surface area contributed by atoms with Crippen LogP contribution in [0.2, 0.25) is 0 Å². The molecule has 0 aliphatic carbocycles. The average molecular weight is 353 g/mol. The molecule has 2 heterocycles. The van der Waals surface area contributed by atoms with Gasteiger partial charge in [-0.15, -0.1) is 0 Å². The maximum absolute atomic E-state index is 12.7. The van der Waals surface area contributed by atoms with Gasteiger partial charge in [-0.1, -0.05) is 12.1 Å². The number of carboxylic acid groups (broad SMARTS) is 1. The molecule has 7 heteroatoms. The molecular formula is C19H19N3O4. The highest BCUT2D eigenvalue weighted by molar-refractivity contribution is 5.95. The third kappa shape index (κ3) is 3.37. The van der Waals surface area contributed by atoms with Gasteiger partial charge in [0.15, 0.2) is 11.4 Å². The largest absolute Gasteiger partial charge is 0.490 e. The molecule has 0 fully saturated rings. The Bertz CT molecular complexity index is 961. The molecule has 1 amide bonds. The summed E-state index contributed by atoms with van der Waals surface area (Å²) < 4.78 is 7.28. The van der Waals surface area contributed by atoms with Crippen LogP contribution in [0.5, 0.6) is 5.75 Å². The summed E-state index contributed by atoms with van der Waals surface area (Å²) in [6, 6.07) is 10.0. The van der Waals surface area contributed by atoms with Gasteiger partial charge in [-0.2, -0.15) is 0 Å². The van der Waals surface area contributed by atoms with Gasteiger partial charge < -0.3 is 15.2 Å². The molecule has 0 radical (unpaired) electrons. The molecule has 0 aliphatic heterocycles. The molecule has 3 aromatic rings. The van der Waals surface area contributed by atoms with Gasteiger partial charge >= 0.3 is 5.97 Å². The second-order valence-electron chi connectivity index (χ2n) is 5.73. The molecule has 0 aliphatic rings. The van der Waals surface area contributed by atoms with Gasteiger partial charge in [-0.3, -0.25) is 9.20 Å². The fraction of sp³-hybridized carbons (Fsp3) is 0.211. The average Bonchev–Trinajstić information content (AvgIpc) is 2.97. The van der Waals surface area contributed by atoms with Crippen molar-refractivity contribution in [1.29, 1.82) is 0 Å². The second kappa shape index (κ2) is 7.26. The Labute approximate surface area is 150 Å². The van der Waals surface area contributed by atoms with Gasteiger partial charge in [-0.25, -0.2) is 9.78 Å². The topological polar surface area (TPSA) is 92.9 Å². The van der Waals surface area contributed by atoms with E-state index in [2.05, 4.69) is 10.3 Å². The van der Waals surface area contributed by atoms with Crippen molar-refractivity contribution in [3.8, 4) is 5.75 Å². The van der Waals surface area contributed by atoms with E-state index in [1.165, 1.54) is 12.1 Å². The number of aromatic carboxylic acids is 1. The van der Waals surface area contributed by atoms with E-state index in [9.17, 15) is 9.59 Å².